The maximum Gasteiger partial charge on any atom is 0.203 e. The summed E-state index contributed by atoms with van der Waals surface area (Å²) in [6, 6.07) is 6.99. The van der Waals surface area contributed by atoms with Crippen molar-refractivity contribution in [2.24, 2.45) is 0 Å². The third-order valence-corrected chi connectivity index (χ3v) is 4.35. The standard InChI is InChI=1S/C20H16ClN3O5/c1-27-3-4-29-19-9-14-11(6-18(19)28-2)5-12(10-22)20(23-14)24-15-8-16(25)13(21)7-17(15)26/h5-9H,3-4H2,1-2H3,(H,23,24). The van der Waals surface area contributed by atoms with E-state index in [4.69, 9.17) is 25.8 Å². The van der Waals surface area contributed by atoms with Gasteiger partial charge in [-0.15, -0.1) is 0 Å². The van der Waals surface area contributed by atoms with Crippen molar-refractivity contribution in [3.63, 3.8) is 0 Å². The number of hydrogen-bond acceptors (Lipinski definition) is 8. The van der Waals surface area contributed by atoms with E-state index in [1.807, 2.05) is 6.07 Å². The van der Waals surface area contributed by atoms with E-state index in [1.54, 1.807) is 25.3 Å². The van der Waals surface area contributed by atoms with Gasteiger partial charge in [-0.1, -0.05) is 11.6 Å². The van der Waals surface area contributed by atoms with E-state index < -0.39 is 11.6 Å². The number of rotatable bonds is 7. The third-order valence-electron chi connectivity index (χ3n) is 4.05. The van der Waals surface area contributed by atoms with Gasteiger partial charge in [-0.3, -0.25) is 9.59 Å². The van der Waals surface area contributed by atoms with E-state index in [1.165, 1.54) is 7.11 Å². The highest BCUT2D eigenvalue weighted by molar-refractivity contribution is 6.47. The first-order chi connectivity index (χ1) is 14.0. The lowest BCUT2D eigenvalue weighted by Gasteiger charge is -2.15. The molecular weight excluding hydrogens is 398 g/mol. The second-order valence-electron chi connectivity index (χ2n) is 5.94. The second kappa shape index (κ2) is 8.73. The van der Waals surface area contributed by atoms with E-state index in [9.17, 15) is 14.9 Å². The van der Waals surface area contributed by atoms with Crippen molar-refractivity contribution >= 4 is 39.9 Å². The number of benzene rings is 1. The molecule has 2 aromatic rings. The first-order valence-corrected chi connectivity index (χ1v) is 8.83. The molecule has 0 bridgehead atoms. The number of carbonyl (C=O) groups is 2. The zero-order valence-corrected chi connectivity index (χ0v) is 16.4. The largest absolute Gasteiger partial charge is 0.493 e. The van der Waals surface area contributed by atoms with Crippen LogP contribution in [0.3, 0.4) is 0 Å². The summed E-state index contributed by atoms with van der Waals surface area (Å²) in [6.07, 6.45) is 2.09. The zero-order chi connectivity index (χ0) is 21.0. The lowest BCUT2D eigenvalue weighted by atomic mass is 10.1. The monoisotopic (exact) mass is 413 g/mol. The number of halogens is 1. The Bertz CT molecular complexity index is 1100. The summed E-state index contributed by atoms with van der Waals surface area (Å²) < 4.78 is 16.0. The molecule has 0 amide bonds. The molecule has 0 aliphatic heterocycles. The normalized spacial score (nSPS) is 13.6. The molecule has 3 rings (SSSR count). The van der Waals surface area contributed by atoms with E-state index in [2.05, 4.69) is 10.3 Å². The van der Waals surface area contributed by atoms with Crippen LogP contribution in [-0.4, -0.2) is 44.0 Å². The molecule has 29 heavy (non-hydrogen) atoms. The Kier molecular flexibility index (Phi) is 6.12. The van der Waals surface area contributed by atoms with E-state index in [-0.39, 0.29) is 22.1 Å². The molecule has 0 fully saturated rings. The third kappa shape index (κ3) is 4.37. The van der Waals surface area contributed by atoms with Crippen LogP contribution < -0.4 is 14.8 Å². The van der Waals surface area contributed by atoms with Crippen molar-refractivity contribution < 1.29 is 23.8 Å². The molecule has 8 nitrogen and oxygen atoms in total. The number of nitrogens with one attached hydrogen (secondary N) is 1. The number of aromatic nitrogens is 1. The minimum Gasteiger partial charge on any atom is -0.493 e. The molecule has 1 N–H and O–H groups in total. The molecule has 9 heteroatoms. The number of fused-ring (bicyclic) bond motifs is 1. The Morgan fingerprint density at radius 1 is 1.10 bits per heavy atom. The van der Waals surface area contributed by atoms with Crippen molar-refractivity contribution in [3.05, 3.63) is 46.6 Å². The summed E-state index contributed by atoms with van der Waals surface area (Å²) in [6.45, 7) is 0.714. The summed E-state index contributed by atoms with van der Waals surface area (Å²) in [5, 5.41) is 12.7. The van der Waals surface area contributed by atoms with Crippen LogP contribution >= 0.6 is 11.6 Å². The lowest BCUT2D eigenvalue weighted by Crippen LogP contribution is -2.17. The summed E-state index contributed by atoms with van der Waals surface area (Å²) in [7, 11) is 3.08. The quantitative estimate of drug-likeness (QED) is 0.545. The van der Waals surface area contributed by atoms with E-state index in [0.29, 0.717) is 35.6 Å². The summed E-state index contributed by atoms with van der Waals surface area (Å²) >= 11 is 5.68. The fourth-order valence-corrected chi connectivity index (χ4v) is 2.78. The number of carbonyl (C=O) groups excluding carboxylic acids is 2. The average Bonchev–Trinajstić information content (AvgIpc) is 2.71. The van der Waals surface area contributed by atoms with Gasteiger partial charge >= 0.3 is 0 Å². The average molecular weight is 414 g/mol. The highest BCUT2D eigenvalue weighted by Gasteiger charge is 2.21. The van der Waals surface area contributed by atoms with Gasteiger partial charge in [0.05, 0.1) is 35.5 Å². The van der Waals surface area contributed by atoms with Gasteiger partial charge in [0.25, 0.3) is 0 Å². The van der Waals surface area contributed by atoms with Gasteiger partial charge in [0.2, 0.25) is 5.78 Å². The van der Waals surface area contributed by atoms with Crippen LogP contribution in [0.4, 0.5) is 5.82 Å². The first-order valence-electron chi connectivity index (χ1n) is 8.46. The minimum absolute atomic E-state index is 0.0205. The van der Waals surface area contributed by atoms with Gasteiger partial charge in [-0.05, 0) is 12.1 Å². The van der Waals surface area contributed by atoms with Crippen molar-refractivity contribution in [1.82, 2.24) is 4.98 Å². The van der Waals surface area contributed by atoms with E-state index in [0.717, 1.165) is 12.2 Å². The SMILES string of the molecule is COCCOc1cc2nc(NC3=CC(=O)C(Cl)=CC3=O)c(C#N)cc2cc1OC. The van der Waals surface area contributed by atoms with Crippen LogP contribution in [0, 0.1) is 11.3 Å². The van der Waals surface area contributed by atoms with Gasteiger partial charge in [-0.25, -0.2) is 4.98 Å². The lowest BCUT2D eigenvalue weighted by molar-refractivity contribution is -0.114. The van der Waals surface area contributed by atoms with Crippen LogP contribution in [0.15, 0.2) is 41.1 Å². The van der Waals surface area contributed by atoms with Gasteiger partial charge in [0, 0.05) is 30.7 Å². The predicted octanol–water partition coefficient (Wildman–Crippen LogP) is 2.71. The predicted molar refractivity (Wildman–Crippen MR) is 106 cm³/mol. The smallest absolute Gasteiger partial charge is 0.203 e. The summed E-state index contributed by atoms with van der Waals surface area (Å²) in [5.74, 6) is 0.0748. The second-order valence-corrected chi connectivity index (χ2v) is 6.34. The summed E-state index contributed by atoms with van der Waals surface area (Å²) in [5.41, 5.74) is 0.672. The molecule has 0 unspecified atom stereocenters. The molecule has 1 aromatic carbocycles. The zero-order valence-electron chi connectivity index (χ0n) is 15.6. The Labute approximate surface area is 171 Å². The number of nitriles is 1. The molecular formula is C20H16ClN3O5. The number of allylic oxidation sites excluding steroid dienone is 3. The van der Waals surface area contributed by atoms with Gasteiger partial charge in [-0.2, -0.15) is 5.26 Å². The number of ether oxygens (including phenoxy) is 3. The van der Waals surface area contributed by atoms with Crippen LogP contribution in [0.25, 0.3) is 10.9 Å². The maximum absolute atomic E-state index is 12.1. The molecule has 0 saturated heterocycles. The highest BCUT2D eigenvalue weighted by Crippen LogP contribution is 2.33. The molecule has 148 valence electrons. The first kappa shape index (κ1) is 20.3. The molecule has 0 radical (unpaired) electrons. The van der Waals surface area contributed by atoms with Crippen molar-refractivity contribution in [2.45, 2.75) is 0 Å². The molecule has 0 saturated carbocycles. The molecule has 0 atom stereocenters. The van der Waals surface area contributed by atoms with Crippen LogP contribution in [0.2, 0.25) is 0 Å². The Morgan fingerprint density at radius 3 is 2.59 bits per heavy atom. The Hall–Kier alpha value is -3.41. The molecule has 1 aliphatic carbocycles. The number of anilines is 1. The fourth-order valence-electron chi connectivity index (χ4n) is 2.63. The van der Waals surface area contributed by atoms with Gasteiger partial charge in [0.15, 0.2) is 17.3 Å². The number of ketones is 2. The molecule has 1 aromatic heterocycles. The molecule has 1 heterocycles. The maximum atomic E-state index is 12.1. The Morgan fingerprint density at radius 2 is 1.90 bits per heavy atom. The van der Waals surface area contributed by atoms with Gasteiger partial charge in [0.1, 0.15) is 18.5 Å². The molecule has 0 spiro atoms. The van der Waals surface area contributed by atoms with E-state index >= 15 is 0 Å². The Balaban J connectivity index is 2.01. The van der Waals surface area contributed by atoms with Crippen LogP contribution in [0.1, 0.15) is 5.56 Å². The molecule has 1 aliphatic rings. The number of methoxy groups -OCH3 is 2. The van der Waals surface area contributed by atoms with Crippen LogP contribution in [0.5, 0.6) is 11.5 Å². The van der Waals surface area contributed by atoms with Crippen LogP contribution in [-0.2, 0) is 14.3 Å². The van der Waals surface area contributed by atoms with Gasteiger partial charge < -0.3 is 19.5 Å². The minimum atomic E-state index is -0.508. The topological polar surface area (TPSA) is 111 Å². The fraction of sp³-hybridized carbons (Fsp3) is 0.200. The summed E-state index contributed by atoms with van der Waals surface area (Å²) in [4.78, 5) is 28.3. The van der Waals surface area contributed by atoms with Crippen molar-refractivity contribution in [2.75, 3.05) is 32.8 Å². The van der Waals surface area contributed by atoms with Crippen molar-refractivity contribution in [3.8, 4) is 17.6 Å². The number of pyridine rings is 1. The highest BCUT2D eigenvalue weighted by atomic mass is 35.5. The number of hydrogen-bond donors (Lipinski definition) is 1. The number of nitrogens with zero attached hydrogens (tertiary/aromatic N) is 2. The van der Waals surface area contributed by atoms with Crippen molar-refractivity contribution in [1.29, 1.82) is 5.26 Å².